The Bertz CT molecular complexity index is 758. The number of rotatable bonds is 1. The van der Waals surface area contributed by atoms with Crippen LogP contribution in [0, 0.1) is 0 Å². The Hall–Kier alpha value is -1.33. The maximum absolute atomic E-state index is 8.13. The maximum Gasteiger partial charge on any atom is 0.498 e. The van der Waals surface area contributed by atoms with E-state index in [0.29, 0.717) is 0 Å². The maximum atomic E-state index is 8.13. The van der Waals surface area contributed by atoms with Gasteiger partial charge in [0.1, 0.15) is 6.89 Å². The Balaban J connectivity index is 2.24. The Morgan fingerprint density at radius 3 is 2.50 bits per heavy atom. The van der Waals surface area contributed by atoms with Crippen molar-refractivity contribution in [3.8, 4) is 0 Å². The van der Waals surface area contributed by atoms with E-state index in [-0.39, 0.29) is 41.1 Å². The van der Waals surface area contributed by atoms with Crippen LogP contribution < -0.4 is 5.46 Å². The highest BCUT2D eigenvalue weighted by atomic mass is 16.7. The van der Waals surface area contributed by atoms with E-state index >= 15 is 0 Å². The Morgan fingerprint density at radius 1 is 1.17 bits per heavy atom. The molecule has 0 aliphatic carbocycles. The zero-order chi connectivity index (χ0) is 16.4. The highest BCUT2D eigenvalue weighted by Gasteiger charge is 2.52. The van der Waals surface area contributed by atoms with Gasteiger partial charge < -0.3 is 13.7 Å². The first kappa shape index (κ1) is 7.97. The monoisotopic (exact) mass is 249 g/mol. The van der Waals surface area contributed by atoms with Gasteiger partial charge in [0.2, 0.25) is 0 Å². The molecule has 3 rings (SSSR count). The van der Waals surface area contributed by atoms with Gasteiger partial charge in [-0.25, -0.2) is 4.98 Å². The van der Waals surface area contributed by atoms with E-state index in [9.17, 15) is 0 Å². The molecule has 1 fully saturated rings. The van der Waals surface area contributed by atoms with Crippen molar-refractivity contribution in [2.24, 2.45) is 0 Å². The number of fused-ring (bicyclic) bond motifs is 1. The van der Waals surface area contributed by atoms with Gasteiger partial charge in [0.15, 0.2) is 12.0 Å². The zero-order valence-electron chi connectivity index (χ0n) is 14.7. The molecule has 94 valence electrons. The Morgan fingerprint density at radius 2 is 1.83 bits per heavy atom. The summed E-state index contributed by atoms with van der Waals surface area (Å²) in [6.45, 7) is 7.52. The lowest BCUT2D eigenvalue weighted by atomic mass is 9.78. The van der Waals surface area contributed by atoms with Gasteiger partial charge >= 0.3 is 7.12 Å². The van der Waals surface area contributed by atoms with E-state index < -0.39 is 18.3 Å². The average Bonchev–Trinajstić information content (AvgIpc) is 2.85. The Labute approximate surface area is 112 Å². The van der Waals surface area contributed by atoms with Gasteiger partial charge in [-0.15, -0.1) is 0 Å². The van der Waals surface area contributed by atoms with Crippen molar-refractivity contribution in [3.63, 3.8) is 0 Å². The van der Waals surface area contributed by atoms with E-state index in [0.717, 1.165) is 0 Å². The van der Waals surface area contributed by atoms with Crippen molar-refractivity contribution in [1.82, 2.24) is 4.98 Å². The molecule has 0 saturated carbocycles. The molecule has 1 aromatic heterocycles. The lowest BCUT2D eigenvalue weighted by Gasteiger charge is -2.32. The van der Waals surface area contributed by atoms with Crippen LogP contribution in [0.5, 0.6) is 0 Å². The van der Waals surface area contributed by atoms with E-state index in [2.05, 4.69) is 4.98 Å². The van der Waals surface area contributed by atoms with Crippen LogP contribution in [-0.4, -0.2) is 23.3 Å². The molecule has 0 unspecified atom stereocenters. The Kier molecular flexibility index (Phi) is 1.59. The summed E-state index contributed by atoms with van der Waals surface area (Å²) in [7, 11) is -0.906. The minimum Gasteiger partial charge on any atom is -0.444 e. The van der Waals surface area contributed by atoms with Crippen LogP contribution >= 0.6 is 0 Å². The molecule has 0 amide bonds. The van der Waals surface area contributed by atoms with Crippen LogP contribution in [0.2, 0.25) is 0 Å². The van der Waals surface area contributed by atoms with E-state index in [1.807, 2.05) is 27.7 Å². The zero-order valence-corrected chi connectivity index (χ0v) is 10.7. The second kappa shape index (κ2) is 3.59. The molecule has 1 saturated heterocycles. The van der Waals surface area contributed by atoms with Gasteiger partial charge in [0, 0.05) is 5.46 Å². The molecular weight excluding hydrogens is 229 g/mol. The molecule has 0 spiro atoms. The summed E-state index contributed by atoms with van der Waals surface area (Å²) in [6, 6.07) is -0.722. The van der Waals surface area contributed by atoms with Crippen molar-refractivity contribution in [2.75, 3.05) is 0 Å². The van der Waals surface area contributed by atoms with Crippen LogP contribution in [0.3, 0.4) is 0 Å². The third-order valence-electron chi connectivity index (χ3n) is 3.63. The third-order valence-corrected chi connectivity index (χ3v) is 3.63. The number of para-hydroxylation sites is 1. The number of aromatic nitrogens is 1. The van der Waals surface area contributed by atoms with Crippen LogP contribution in [0.15, 0.2) is 28.9 Å². The summed E-state index contributed by atoms with van der Waals surface area (Å²) in [5.41, 5.74) is -0.824. The molecule has 0 N–H and O–H groups in total. The van der Waals surface area contributed by atoms with Crippen LogP contribution in [0.25, 0.3) is 11.1 Å². The molecular formula is C13H16BNO3. The molecule has 2 aromatic rings. The summed E-state index contributed by atoms with van der Waals surface area (Å²) in [6.07, 6.45) is -0.369. The van der Waals surface area contributed by atoms with Gasteiger partial charge in [-0.3, -0.25) is 0 Å². The van der Waals surface area contributed by atoms with Crippen LogP contribution in [0.1, 0.15) is 33.2 Å². The fraction of sp³-hybridized carbons (Fsp3) is 0.462. The van der Waals surface area contributed by atoms with Crippen molar-refractivity contribution < 1.29 is 19.2 Å². The first-order valence-corrected chi connectivity index (χ1v) is 5.77. The highest BCUT2D eigenvalue weighted by molar-refractivity contribution is 6.64. The van der Waals surface area contributed by atoms with Crippen molar-refractivity contribution in [2.45, 2.75) is 38.9 Å². The minimum atomic E-state index is -0.906. The van der Waals surface area contributed by atoms with Crippen LogP contribution in [0.4, 0.5) is 0 Å². The predicted octanol–water partition coefficient (Wildman–Crippen LogP) is 2.13. The summed E-state index contributed by atoms with van der Waals surface area (Å²) in [5, 5.41) is 0. The summed E-state index contributed by atoms with van der Waals surface area (Å²) >= 11 is 0. The third kappa shape index (κ3) is 1.58. The van der Waals surface area contributed by atoms with Crippen molar-refractivity contribution in [1.29, 1.82) is 0 Å². The topological polar surface area (TPSA) is 44.5 Å². The van der Waals surface area contributed by atoms with Gasteiger partial charge in [0.25, 0.3) is 0 Å². The standard InChI is InChI=1S/C13H16BNO3/c1-12(2)13(3,4)18-14(17-12)9-6-5-7-10-11(9)16-8-15-10/h5-8H,1-4H3/i5D,6D,7D,8D. The second-order valence-corrected chi connectivity index (χ2v) is 5.36. The van der Waals surface area contributed by atoms with E-state index in [4.69, 9.17) is 19.2 Å². The molecule has 0 bridgehead atoms. The van der Waals surface area contributed by atoms with Crippen LogP contribution in [-0.2, 0) is 9.31 Å². The average molecular weight is 249 g/mol. The first-order valence-electron chi connectivity index (χ1n) is 7.77. The fourth-order valence-electron chi connectivity index (χ4n) is 1.82. The smallest absolute Gasteiger partial charge is 0.444 e. The fourth-order valence-corrected chi connectivity index (χ4v) is 1.82. The number of hydrogen-bond acceptors (Lipinski definition) is 4. The quantitative estimate of drug-likeness (QED) is 0.726. The molecule has 2 heterocycles. The molecule has 1 aliphatic rings. The molecule has 18 heavy (non-hydrogen) atoms. The molecule has 0 atom stereocenters. The van der Waals surface area contributed by atoms with Crippen molar-refractivity contribution in [3.05, 3.63) is 24.5 Å². The lowest BCUT2D eigenvalue weighted by Crippen LogP contribution is -2.41. The highest BCUT2D eigenvalue weighted by Crippen LogP contribution is 2.36. The summed E-state index contributed by atoms with van der Waals surface area (Å²) < 4.78 is 48.5. The molecule has 0 radical (unpaired) electrons. The van der Waals surface area contributed by atoms with E-state index in [1.54, 1.807) is 0 Å². The SMILES string of the molecule is [2H]c1nc2c([2H])c([2H])c([2H])c(B3OC(C)(C)C(C)(C)O3)c2o1. The summed E-state index contributed by atoms with van der Waals surface area (Å²) in [5.74, 6) is 0. The second-order valence-electron chi connectivity index (χ2n) is 5.36. The van der Waals surface area contributed by atoms with Gasteiger partial charge in [-0.2, -0.15) is 0 Å². The number of benzene rings is 1. The normalized spacial score (nSPS) is 24.8. The number of nitrogens with zero attached hydrogens (tertiary/aromatic N) is 1. The molecule has 1 aliphatic heterocycles. The van der Waals surface area contributed by atoms with Gasteiger partial charge in [-0.05, 0) is 33.7 Å². The lowest BCUT2D eigenvalue weighted by molar-refractivity contribution is 0.00578. The first-order chi connectivity index (χ1) is 10.0. The van der Waals surface area contributed by atoms with Gasteiger partial charge in [0.05, 0.1) is 15.3 Å². The number of hydrogen-bond donors (Lipinski definition) is 0. The molecule has 5 heteroatoms. The largest absolute Gasteiger partial charge is 0.498 e. The minimum absolute atomic E-state index is 0.0794. The predicted molar refractivity (Wildman–Crippen MR) is 69.7 cm³/mol. The van der Waals surface area contributed by atoms with Crippen molar-refractivity contribution >= 4 is 23.7 Å². The number of oxazole rings is 1. The summed E-state index contributed by atoms with van der Waals surface area (Å²) in [4.78, 5) is 3.82. The van der Waals surface area contributed by atoms with E-state index in [1.165, 1.54) is 0 Å². The van der Waals surface area contributed by atoms with Gasteiger partial charge in [-0.1, -0.05) is 12.1 Å². The molecule has 1 aromatic carbocycles. The molecule has 4 nitrogen and oxygen atoms in total.